The van der Waals surface area contributed by atoms with Crippen molar-refractivity contribution in [2.45, 2.75) is 31.8 Å². The van der Waals surface area contributed by atoms with E-state index in [-0.39, 0.29) is 47.3 Å². The molecule has 2 aromatic rings. The van der Waals surface area contributed by atoms with Crippen LogP contribution in [0.2, 0.25) is 0 Å². The predicted molar refractivity (Wildman–Crippen MR) is 120 cm³/mol. The lowest BCUT2D eigenvalue weighted by molar-refractivity contribution is -0.140. The standard InChI is InChI=1S/C18H20F5N5OS.HI/c1-24-17(25-8-15-27-14(10-30-15)18(21,22)23)26-11-6-7-28(9-11)12-4-2-3-5-13(12)29-16(19)20;/h2-5,10-11,16H,6-9H2,1H3,(H2,24,25,26);1H. The smallest absolute Gasteiger partial charge is 0.433 e. The molecular weight excluding hydrogens is 556 g/mol. The molecule has 13 heteroatoms. The van der Waals surface area contributed by atoms with E-state index in [4.69, 9.17) is 0 Å². The first-order valence-electron chi connectivity index (χ1n) is 9.04. The topological polar surface area (TPSA) is 61.8 Å². The molecule has 1 atom stereocenters. The summed E-state index contributed by atoms with van der Waals surface area (Å²) in [5.41, 5.74) is -0.337. The third-order valence-electron chi connectivity index (χ3n) is 4.42. The molecule has 1 fully saturated rings. The number of thiazole rings is 1. The Morgan fingerprint density at radius 3 is 2.74 bits per heavy atom. The minimum Gasteiger partial charge on any atom is -0.433 e. The number of aliphatic imine (C=N–C) groups is 1. The summed E-state index contributed by atoms with van der Waals surface area (Å²) in [6.07, 6.45) is -3.74. The molecule has 1 saturated heterocycles. The van der Waals surface area contributed by atoms with Gasteiger partial charge in [0, 0.05) is 31.6 Å². The molecule has 172 valence electrons. The number of para-hydroxylation sites is 2. The van der Waals surface area contributed by atoms with Gasteiger partial charge in [0.1, 0.15) is 10.8 Å². The maximum atomic E-state index is 12.6. The van der Waals surface area contributed by atoms with Gasteiger partial charge in [-0.05, 0) is 18.6 Å². The number of benzene rings is 1. The van der Waals surface area contributed by atoms with Gasteiger partial charge in [-0.3, -0.25) is 4.99 Å². The molecule has 0 saturated carbocycles. The highest BCUT2D eigenvalue weighted by Gasteiger charge is 2.33. The van der Waals surface area contributed by atoms with Crippen LogP contribution in [0.25, 0.3) is 0 Å². The first-order valence-corrected chi connectivity index (χ1v) is 9.92. The average Bonchev–Trinajstić information content (AvgIpc) is 3.34. The monoisotopic (exact) mass is 577 g/mol. The molecule has 1 aromatic heterocycles. The number of hydrogen-bond donors (Lipinski definition) is 2. The summed E-state index contributed by atoms with van der Waals surface area (Å²) in [5.74, 6) is 0.530. The van der Waals surface area contributed by atoms with E-state index in [1.165, 1.54) is 6.07 Å². The maximum absolute atomic E-state index is 12.6. The number of hydrogen-bond acceptors (Lipinski definition) is 5. The van der Waals surface area contributed by atoms with E-state index in [1.807, 2.05) is 4.90 Å². The zero-order valence-electron chi connectivity index (χ0n) is 16.3. The van der Waals surface area contributed by atoms with Gasteiger partial charge < -0.3 is 20.3 Å². The Bertz CT molecular complexity index is 879. The molecular formula is C18H21F5IN5OS. The van der Waals surface area contributed by atoms with Crippen molar-refractivity contribution in [3.63, 3.8) is 0 Å². The second-order valence-corrected chi connectivity index (χ2v) is 7.41. The summed E-state index contributed by atoms with van der Waals surface area (Å²) in [6, 6.07) is 6.55. The van der Waals surface area contributed by atoms with Crippen molar-refractivity contribution >= 4 is 47.0 Å². The molecule has 0 spiro atoms. The summed E-state index contributed by atoms with van der Waals surface area (Å²) in [7, 11) is 1.55. The van der Waals surface area contributed by atoms with Crippen LogP contribution in [-0.4, -0.2) is 43.7 Å². The highest BCUT2D eigenvalue weighted by atomic mass is 127. The molecule has 2 N–H and O–H groups in total. The minimum absolute atomic E-state index is 0. The largest absolute Gasteiger partial charge is 0.434 e. The number of nitrogens with zero attached hydrogens (tertiary/aromatic N) is 3. The van der Waals surface area contributed by atoms with E-state index >= 15 is 0 Å². The van der Waals surface area contributed by atoms with Gasteiger partial charge in [-0.25, -0.2) is 4.98 Å². The fourth-order valence-corrected chi connectivity index (χ4v) is 3.82. The van der Waals surface area contributed by atoms with Crippen molar-refractivity contribution in [2.24, 2.45) is 4.99 Å². The fraction of sp³-hybridized carbons (Fsp3) is 0.444. The van der Waals surface area contributed by atoms with Crippen LogP contribution in [0, 0.1) is 0 Å². The van der Waals surface area contributed by atoms with Crippen molar-refractivity contribution in [1.29, 1.82) is 0 Å². The van der Waals surface area contributed by atoms with Gasteiger partial charge in [0.05, 0.1) is 12.2 Å². The predicted octanol–water partition coefficient (Wildman–Crippen LogP) is 4.33. The molecule has 1 aliphatic rings. The zero-order valence-corrected chi connectivity index (χ0v) is 19.5. The van der Waals surface area contributed by atoms with Gasteiger partial charge in [-0.2, -0.15) is 22.0 Å². The van der Waals surface area contributed by atoms with Gasteiger partial charge in [0.15, 0.2) is 11.7 Å². The fourth-order valence-electron chi connectivity index (χ4n) is 3.08. The molecule has 1 aromatic carbocycles. The Kier molecular flexibility index (Phi) is 9.09. The third-order valence-corrected chi connectivity index (χ3v) is 5.27. The minimum atomic E-state index is -4.47. The van der Waals surface area contributed by atoms with Crippen LogP contribution in [0.1, 0.15) is 17.1 Å². The molecule has 1 aliphatic heterocycles. The Hall–Kier alpha value is -1.90. The maximum Gasteiger partial charge on any atom is 0.434 e. The number of aromatic nitrogens is 1. The quantitative estimate of drug-likeness (QED) is 0.232. The third kappa shape index (κ3) is 7.05. The Morgan fingerprint density at radius 1 is 1.35 bits per heavy atom. The normalized spacial score (nSPS) is 16.9. The van der Waals surface area contributed by atoms with Crippen LogP contribution in [0.15, 0.2) is 34.6 Å². The van der Waals surface area contributed by atoms with Crippen LogP contribution in [-0.2, 0) is 12.7 Å². The van der Waals surface area contributed by atoms with E-state index in [0.29, 0.717) is 24.7 Å². The van der Waals surface area contributed by atoms with Crippen molar-refractivity contribution < 1.29 is 26.7 Å². The van der Waals surface area contributed by atoms with E-state index in [2.05, 4.69) is 25.3 Å². The SMILES string of the molecule is CN=C(NCc1nc(C(F)(F)F)cs1)NC1CCN(c2ccccc2OC(F)F)C1.I. The number of anilines is 1. The lowest BCUT2D eigenvalue weighted by atomic mass is 10.2. The summed E-state index contributed by atoms with van der Waals surface area (Å²) >= 11 is 0.916. The summed E-state index contributed by atoms with van der Waals surface area (Å²) in [6.45, 7) is -1.66. The lowest BCUT2D eigenvalue weighted by Crippen LogP contribution is -2.44. The lowest BCUT2D eigenvalue weighted by Gasteiger charge is -2.22. The van der Waals surface area contributed by atoms with E-state index < -0.39 is 18.5 Å². The number of nitrogens with one attached hydrogen (secondary N) is 2. The number of rotatable bonds is 6. The first-order chi connectivity index (χ1) is 14.3. The Balaban J connectivity index is 0.00000341. The molecule has 0 bridgehead atoms. The molecule has 2 heterocycles. The van der Waals surface area contributed by atoms with Crippen molar-refractivity contribution in [3.8, 4) is 5.75 Å². The molecule has 6 nitrogen and oxygen atoms in total. The molecule has 0 radical (unpaired) electrons. The first kappa shape index (κ1) is 25.4. The number of guanidine groups is 1. The van der Waals surface area contributed by atoms with Crippen molar-refractivity contribution in [3.05, 3.63) is 40.3 Å². The summed E-state index contributed by atoms with van der Waals surface area (Å²) < 4.78 is 67.8. The van der Waals surface area contributed by atoms with Gasteiger partial charge in [0.25, 0.3) is 0 Å². The van der Waals surface area contributed by atoms with Gasteiger partial charge in [-0.15, -0.1) is 35.3 Å². The van der Waals surface area contributed by atoms with Crippen LogP contribution in [0.5, 0.6) is 5.75 Å². The van der Waals surface area contributed by atoms with E-state index in [0.717, 1.165) is 23.1 Å². The average molecular weight is 577 g/mol. The van der Waals surface area contributed by atoms with E-state index in [9.17, 15) is 22.0 Å². The molecule has 0 aliphatic carbocycles. The molecule has 1 unspecified atom stereocenters. The highest BCUT2D eigenvalue weighted by molar-refractivity contribution is 14.0. The van der Waals surface area contributed by atoms with Crippen molar-refractivity contribution in [2.75, 3.05) is 25.0 Å². The summed E-state index contributed by atoms with van der Waals surface area (Å²) in [5, 5.41) is 7.40. The zero-order chi connectivity index (χ0) is 21.7. The molecule has 31 heavy (non-hydrogen) atoms. The highest BCUT2D eigenvalue weighted by Crippen LogP contribution is 2.32. The molecule has 0 amide bonds. The Labute approximate surface area is 196 Å². The number of halogens is 6. The van der Waals surface area contributed by atoms with Crippen LogP contribution >= 0.6 is 35.3 Å². The van der Waals surface area contributed by atoms with Crippen LogP contribution < -0.4 is 20.3 Å². The Morgan fingerprint density at radius 2 is 2.10 bits per heavy atom. The van der Waals surface area contributed by atoms with E-state index in [1.54, 1.807) is 25.2 Å². The van der Waals surface area contributed by atoms with Gasteiger partial charge >= 0.3 is 12.8 Å². The second-order valence-electron chi connectivity index (χ2n) is 6.47. The van der Waals surface area contributed by atoms with Crippen molar-refractivity contribution in [1.82, 2.24) is 15.6 Å². The van der Waals surface area contributed by atoms with Crippen LogP contribution in [0.3, 0.4) is 0 Å². The molecule has 3 rings (SSSR count). The summed E-state index contributed by atoms with van der Waals surface area (Å²) in [4.78, 5) is 9.58. The number of alkyl halides is 5. The van der Waals surface area contributed by atoms with Crippen LogP contribution in [0.4, 0.5) is 27.6 Å². The van der Waals surface area contributed by atoms with Gasteiger partial charge in [-0.1, -0.05) is 12.1 Å². The van der Waals surface area contributed by atoms with Gasteiger partial charge in [0.2, 0.25) is 0 Å². The second kappa shape index (κ2) is 11.1. The number of ether oxygens (including phenoxy) is 1.